The molecule has 0 aliphatic carbocycles. The van der Waals surface area contributed by atoms with Crippen molar-refractivity contribution in [3.63, 3.8) is 0 Å². The van der Waals surface area contributed by atoms with Crippen LogP contribution in [-0.2, 0) is 6.42 Å². The fourth-order valence-corrected chi connectivity index (χ4v) is 2.90. The highest BCUT2D eigenvalue weighted by Gasteiger charge is 2.15. The van der Waals surface area contributed by atoms with Gasteiger partial charge in [0, 0.05) is 18.2 Å². The molecule has 1 aromatic carbocycles. The molecule has 1 atom stereocenters. The van der Waals surface area contributed by atoms with Gasteiger partial charge in [-0.3, -0.25) is 0 Å². The number of nitrogens with zero attached hydrogens (tertiary/aromatic N) is 4. The Morgan fingerprint density at radius 3 is 2.88 bits per heavy atom. The molecule has 0 unspecified atom stereocenters. The highest BCUT2D eigenvalue weighted by Crippen LogP contribution is 2.33. The highest BCUT2D eigenvalue weighted by molar-refractivity contribution is 5.49. The van der Waals surface area contributed by atoms with E-state index >= 15 is 0 Å². The van der Waals surface area contributed by atoms with E-state index < -0.39 is 0 Å². The van der Waals surface area contributed by atoms with E-state index in [0.29, 0.717) is 19.0 Å². The molecule has 0 fully saturated rings. The predicted molar refractivity (Wildman–Crippen MR) is 94.2 cm³/mol. The number of hydrogen-bond donors (Lipinski definition) is 1. The van der Waals surface area contributed by atoms with E-state index in [-0.39, 0.29) is 6.04 Å². The van der Waals surface area contributed by atoms with Gasteiger partial charge in [-0.1, -0.05) is 13.0 Å². The van der Waals surface area contributed by atoms with Gasteiger partial charge in [-0.25, -0.2) is 4.98 Å². The van der Waals surface area contributed by atoms with Gasteiger partial charge in [-0.2, -0.15) is 14.6 Å². The first-order valence-corrected chi connectivity index (χ1v) is 8.60. The molecule has 3 heterocycles. The van der Waals surface area contributed by atoms with Crippen LogP contribution < -0.4 is 14.8 Å². The lowest BCUT2D eigenvalue weighted by Gasteiger charge is -2.18. The molecule has 1 N–H and O–H groups in total. The SMILES string of the molecule is CCc1cc(N[C@H](C)c2ccc3c(c2)OCCCO3)n2ncnc2n1. The zero-order chi connectivity index (χ0) is 17.2. The Morgan fingerprint density at radius 1 is 1.20 bits per heavy atom. The molecule has 0 saturated carbocycles. The summed E-state index contributed by atoms with van der Waals surface area (Å²) in [7, 11) is 0. The molecule has 0 spiro atoms. The van der Waals surface area contributed by atoms with Crippen LogP contribution in [0.5, 0.6) is 11.5 Å². The maximum absolute atomic E-state index is 5.79. The van der Waals surface area contributed by atoms with Gasteiger partial charge in [0.25, 0.3) is 5.78 Å². The van der Waals surface area contributed by atoms with Gasteiger partial charge in [-0.15, -0.1) is 0 Å². The molecule has 25 heavy (non-hydrogen) atoms. The lowest BCUT2D eigenvalue weighted by atomic mass is 10.1. The molecular weight excluding hydrogens is 318 g/mol. The molecule has 0 saturated heterocycles. The lowest BCUT2D eigenvalue weighted by Crippen LogP contribution is -2.12. The summed E-state index contributed by atoms with van der Waals surface area (Å²) < 4.78 is 13.2. The van der Waals surface area contributed by atoms with Crippen LogP contribution in [-0.4, -0.2) is 32.8 Å². The van der Waals surface area contributed by atoms with Crippen LogP contribution >= 0.6 is 0 Å². The smallest absolute Gasteiger partial charge is 0.254 e. The molecule has 1 aliphatic rings. The maximum atomic E-state index is 5.79. The third-order valence-corrected chi connectivity index (χ3v) is 4.30. The Morgan fingerprint density at radius 2 is 2.04 bits per heavy atom. The normalized spacial score (nSPS) is 15.0. The van der Waals surface area contributed by atoms with Crippen LogP contribution in [0.3, 0.4) is 0 Å². The van der Waals surface area contributed by atoms with E-state index in [0.717, 1.165) is 41.4 Å². The largest absolute Gasteiger partial charge is 0.490 e. The number of hydrogen-bond acceptors (Lipinski definition) is 6. The highest BCUT2D eigenvalue weighted by atomic mass is 16.5. The van der Waals surface area contributed by atoms with Crippen molar-refractivity contribution in [1.29, 1.82) is 0 Å². The van der Waals surface area contributed by atoms with Crippen LogP contribution in [0.15, 0.2) is 30.6 Å². The van der Waals surface area contributed by atoms with Crippen molar-refractivity contribution in [3.8, 4) is 11.5 Å². The molecule has 4 rings (SSSR count). The average molecular weight is 339 g/mol. The number of anilines is 1. The number of fused-ring (bicyclic) bond motifs is 2. The molecule has 0 radical (unpaired) electrons. The molecule has 130 valence electrons. The number of ether oxygens (including phenoxy) is 2. The number of benzene rings is 1. The van der Waals surface area contributed by atoms with Crippen LogP contribution in [0.25, 0.3) is 5.78 Å². The molecule has 0 bridgehead atoms. The quantitative estimate of drug-likeness (QED) is 0.788. The molecular formula is C18H21N5O2. The fourth-order valence-electron chi connectivity index (χ4n) is 2.90. The summed E-state index contributed by atoms with van der Waals surface area (Å²) >= 11 is 0. The topological polar surface area (TPSA) is 73.6 Å². The summed E-state index contributed by atoms with van der Waals surface area (Å²) in [6, 6.07) is 8.16. The van der Waals surface area contributed by atoms with Crippen molar-refractivity contribution in [2.45, 2.75) is 32.7 Å². The van der Waals surface area contributed by atoms with Crippen molar-refractivity contribution >= 4 is 11.6 Å². The summed E-state index contributed by atoms with van der Waals surface area (Å²) in [6.45, 7) is 5.56. The van der Waals surface area contributed by atoms with Crippen LogP contribution in [0.2, 0.25) is 0 Å². The average Bonchev–Trinajstić information content (AvgIpc) is 2.98. The molecule has 3 aromatic rings. The summed E-state index contributed by atoms with van der Waals surface area (Å²) in [6.07, 6.45) is 3.26. The van der Waals surface area contributed by atoms with Crippen molar-refractivity contribution in [2.75, 3.05) is 18.5 Å². The minimum absolute atomic E-state index is 0.0664. The zero-order valence-corrected chi connectivity index (χ0v) is 14.4. The fraction of sp³-hybridized carbons (Fsp3) is 0.389. The van der Waals surface area contributed by atoms with Crippen LogP contribution in [0, 0.1) is 0 Å². The van der Waals surface area contributed by atoms with E-state index in [2.05, 4.69) is 40.3 Å². The Labute approximate surface area is 146 Å². The second kappa shape index (κ2) is 6.58. The van der Waals surface area contributed by atoms with Gasteiger partial charge >= 0.3 is 0 Å². The van der Waals surface area contributed by atoms with Gasteiger partial charge < -0.3 is 14.8 Å². The van der Waals surface area contributed by atoms with Gasteiger partial charge in [0.1, 0.15) is 12.1 Å². The minimum atomic E-state index is 0.0664. The van der Waals surface area contributed by atoms with Crippen LogP contribution in [0.4, 0.5) is 5.82 Å². The lowest BCUT2D eigenvalue weighted by molar-refractivity contribution is 0.297. The Bertz CT molecular complexity index is 892. The summed E-state index contributed by atoms with van der Waals surface area (Å²) in [4.78, 5) is 8.68. The van der Waals surface area contributed by atoms with Gasteiger partial charge in [0.05, 0.1) is 19.3 Å². The summed E-state index contributed by atoms with van der Waals surface area (Å²) in [5.74, 6) is 3.09. The minimum Gasteiger partial charge on any atom is -0.490 e. The maximum Gasteiger partial charge on any atom is 0.254 e. The Hall–Kier alpha value is -2.83. The Kier molecular flexibility index (Phi) is 4.13. The number of aryl methyl sites for hydroxylation is 1. The van der Waals surface area contributed by atoms with E-state index in [4.69, 9.17) is 9.47 Å². The third kappa shape index (κ3) is 3.09. The number of nitrogens with one attached hydrogen (secondary N) is 1. The standard InChI is InChI=1S/C18H21N5O2/c1-3-14-10-17(23-18(22-14)19-11-20-23)21-12(2)13-5-6-15-16(9-13)25-8-4-7-24-15/h5-6,9-12,21H,3-4,7-8H2,1-2H3/t12-/m1/s1. The van der Waals surface area contributed by atoms with E-state index in [1.54, 1.807) is 4.52 Å². The molecule has 1 aliphatic heterocycles. The van der Waals surface area contributed by atoms with E-state index in [1.807, 2.05) is 18.2 Å². The van der Waals surface area contributed by atoms with E-state index in [1.165, 1.54) is 6.33 Å². The van der Waals surface area contributed by atoms with Crippen molar-refractivity contribution in [1.82, 2.24) is 19.6 Å². The Balaban J connectivity index is 1.63. The van der Waals surface area contributed by atoms with Crippen molar-refractivity contribution in [2.24, 2.45) is 0 Å². The molecule has 2 aromatic heterocycles. The van der Waals surface area contributed by atoms with Gasteiger partial charge in [0.15, 0.2) is 11.5 Å². The van der Waals surface area contributed by atoms with Gasteiger partial charge in [-0.05, 0) is 31.0 Å². The first-order chi connectivity index (χ1) is 12.2. The molecule has 7 nitrogen and oxygen atoms in total. The molecule has 0 amide bonds. The first kappa shape index (κ1) is 15.7. The van der Waals surface area contributed by atoms with Crippen molar-refractivity contribution in [3.05, 3.63) is 41.9 Å². The molecule has 7 heteroatoms. The second-order valence-electron chi connectivity index (χ2n) is 6.08. The van der Waals surface area contributed by atoms with Gasteiger partial charge in [0.2, 0.25) is 0 Å². The first-order valence-electron chi connectivity index (χ1n) is 8.60. The summed E-state index contributed by atoms with van der Waals surface area (Å²) in [5.41, 5.74) is 2.10. The van der Waals surface area contributed by atoms with Crippen LogP contribution in [0.1, 0.15) is 37.6 Å². The number of aromatic nitrogens is 4. The monoisotopic (exact) mass is 339 g/mol. The summed E-state index contributed by atoms with van der Waals surface area (Å²) in [5, 5.41) is 7.77. The second-order valence-corrected chi connectivity index (χ2v) is 6.08. The third-order valence-electron chi connectivity index (χ3n) is 4.30. The number of rotatable bonds is 4. The van der Waals surface area contributed by atoms with Crippen molar-refractivity contribution < 1.29 is 9.47 Å². The van der Waals surface area contributed by atoms with E-state index in [9.17, 15) is 0 Å². The predicted octanol–water partition coefficient (Wildman–Crippen LogP) is 3.02. The zero-order valence-electron chi connectivity index (χ0n) is 14.4.